The first-order valence-corrected chi connectivity index (χ1v) is 9.37. The molecule has 0 atom stereocenters. The van der Waals surface area contributed by atoms with E-state index in [1.165, 1.54) is 0 Å². The minimum Gasteiger partial charge on any atom is -0.385 e. The van der Waals surface area contributed by atoms with Crippen molar-refractivity contribution in [3.63, 3.8) is 0 Å². The molecule has 9 nitrogen and oxygen atoms in total. The van der Waals surface area contributed by atoms with Crippen LogP contribution in [0.5, 0.6) is 0 Å². The highest BCUT2D eigenvalue weighted by molar-refractivity contribution is 5.79. The van der Waals surface area contributed by atoms with Gasteiger partial charge >= 0.3 is 0 Å². The smallest absolute Gasteiger partial charge is 0.191 e. The predicted octanol–water partition coefficient (Wildman–Crippen LogP) is -0.0825. The fraction of sp³-hybridized carbons (Fsp3) is 0.824. The van der Waals surface area contributed by atoms with Gasteiger partial charge in [0.05, 0.1) is 13.2 Å². The van der Waals surface area contributed by atoms with E-state index >= 15 is 0 Å². The van der Waals surface area contributed by atoms with Crippen LogP contribution < -0.4 is 10.6 Å². The molecule has 1 aromatic heterocycles. The van der Waals surface area contributed by atoms with Crippen LogP contribution in [0.1, 0.15) is 24.5 Å². The maximum absolute atomic E-state index is 5.38. The minimum absolute atomic E-state index is 0.500. The van der Waals surface area contributed by atoms with Crippen LogP contribution in [0.3, 0.4) is 0 Å². The summed E-state index contributed by atoms with van der Waals surface area (Å²) in [5, 5.41) is 15.0. The maximum Gasteiger partial charge on any atom is 0.191 e. The van der Waals surface area contributed by atoms with E-state index in [4.69, 9.17) is 9.47 Å². The molecule has 0 radical (unpaired) electrons. The Morgan fingerprint density at radius 3 is 2.58 bits per heavy atom. The molecular weight excluding hydrogens is 334 g/mol. The van der Waals surface area contributed by atoms with Gasteiger partial charge in [-0.2, -0.15) is 0 Å². The number of methoxy groups -OCH3 is 1. The third-order valence-corrected chi connectivity index (χ3v) is 4.43. The van der Waals surface area contributed by atoms with Crippen LogP contribution in [0.2, 0.25) is 0 Å². The van der Waals surface area contributed by atoms with E-state index in [1.54, 1.807) is 7.11 Å². The van der Waals surface area contributed by atoms with Crippen LogP contribution in [0.15, 0.2) is 4.99 Å². The van der Waals surface area contributed by atoms with Crippen LogP contribution >= 0.6 is 0 Å². The van der Waals surface area contributed by atoms with Gasteiger partial charge in [-0.3, -0.25) is 4.90 Å². The Hall–Kier alpha value is -1.71. The van der Waals surface area contributed by atoms with Gasteiger partial charge < -0.3 is 24.7 Å². The van der Waals surface area contributed by atoms with Gasteiger partial charge in [0.25, 0.3) is 0 Å². The lowest BCUT2D eigenvalue weighted by molar-refractivity contribution is 0.0376. The first-order chi connectivity index (χ1) is 12.7. The Labute approximate surface area is 156 Å². The number of rotatable bonds is 10. The van der Waals surface area contributed by atoms with E-state index in [1.807, 2.05) is 18.5 Å². The second-order valence-corrected chi connectivity index (χ2v) is 6.39. The van der Waals surface area contributed by atoms with Crippen molar-refractivity contribution in [2.75, 3.05) is 59.7 Å². The molecule has 0 unspecified atom stereocenters. The fourth-order valence-electron chi connectivity index (χ4n) is 2.67. The lowest BCUT2D eigenvalue weighted by Gasteiger charge is -2.26. The number of aryl methyl sites for hydroxylation is 1. The molecule has 0 aromatic carbocycles. The Bertz CT molecular complexity index is 541. The molecule has 9 heteroatoms. The molecule has 0 aliphatic carbocycles. The summed E-state index contributed by atoms with van der Waals surface area (Å²) < 4.78 is 12.4. The van der Waals surface area contributed by atoms with Crippen LogP contribution in [-0.2, 0) is 23.1 Å². The molecule has 148 valence electrons. The number of morpholine rings is 1. The SMILES string of the molecule is COCCCNC(=NCc1nnc(C)n1C)NCCCN1CCOCC1. The molecule has 1 aromatic rings. The van der Waals surface area contributed by atoms with E-state index in [2.05, 4.69) is 30.7 Å². The van der Waals surface area contributed by atoms with Crippen molar-refractivity contribution in [3.8, 4) is 0 Å². The van der Waals surface area contributed by atoms with Gasteiger partial charge in [-0.15, -0.1) is 10.2 Å². The third-order valence-electron chi connectivity index (χ3n) is 4.43. The van der Waals surface area contributed by atoms with E-state index in [0.717, 1.165) is 83.0 Å². The monoisotopic (exact) mass is 367 g/mol. The highest BCUT2D eigenvalue weighted by Crippen LogP contribution is 2.00. The first-order valence-electron chi connectivity index (χ1n) is 9.37. The highest BCUT2D eigenvalue weighted by Gasteiger charge is 2.09. The molecule has 2 N–H and O–H groups in total. The molecule has 1 fully saturated rings. The van der Waals surface area contributed by atoms with Gasteiger partial charge in [0.15, 0.2) is 11.8 Å². The molecule has 0 saturated carbocycles. The molecule has 1 saturated heterocycles. The van der Waals surface area contributed by atoms with E-state index < -0.39 is 0 Å². The quantitative estimate of drug-likeness (QED) is 0.340. The van der Waals surface area contributed by atoms with Gasteiger partial charge in [-0.1, -0.05) is 0 Å². The number of hydrogen-bond donors (Lipinski definition) is 2. The summed E-state index contributed by atoms with van der Waals surface area (Å²) >= 11 is 0. The van der Waals surface area contributed by atoms with Gasteiger partial charge in [-0.05, 0) is 26.3 Å². The fourth-order valence-corrected chi connectivity index (χ4v) is 2.67. The van der Waals surface area contributed by atoms with Crippen LogP contribution in [0.25, 0.3) is 0 Å². The molecule has 2 rings (SSSR count). The van der Waals surface area contributed by atoms with Crippen molar-refractivity contribution in [3.05, 3.63) is 11.6 Å². The molecular formula is C17H33N7O2. The molecule has 0 spiro atoms. The summed E-state index contributed by atoms with van der Waals surface area (Å²) in [6.07, 6.45) is 2.01. The average Bonchev–Trinajstić information content (AvgIpc) is 2.98. The molecule has 1 aliphatic rings. The number of nitrogens with zero attached hydrogens (tertiary/aromatic N) is 5. The van der Waals surface area contributed by atoms with Crippen molar-refractivity contribution in [2.24, 2.45) is 12.0 Å². The zero-order chi connectivity index (χ0) is 18.6. The van der Waals surface area contributed by atoms with Crippen molar-refractivity contribution in [2.45, 2.75) is 26.3 Å². The number of guanidine groups is 1. The Morgan fingerprint density at radius 2 is 1.92 bits per heavy atom. The van der Waals surface area contributed by atoms with E-state index in [-0.39, 0.29) is 0 Å². The largest absolute Gasteiger partial charge is 0.385 e. The number of aliphatic imine (C=N–C) groups is 1. The lowest BCUT2D eigenvalue weighted by atomic mass is 10.3. The molecule has 0 bridgehead atoms. The summed E-state index contributed by atoms with van der Waals surface area (Å²) in [5.74, 6) is 2.56. The minimum atomic E-state index is 0.500. The van der Waals surface area contributed by atoms with Crippen molar-refractivity contribution >= 4 is 5.96 Å². The zero-order valence-electron chi connectivity index (χ0n) is 16.3. The van der Waals surface area contributed by atoms with Crippen LogP contribution in [0, 0.1) is 6.92 Å². The van der Waals surface area contributed by atoms with Crippen molar-refractivity contribution < 1.29 is 9.47 Å². The van der Waals surface area contributed by atoms with Gasteiger partial charge in [0.1, 0.15) is 12.4 Å². The number of hydrogen-bond acceptors (Lipinski definition) is 6. The summed E-state index contributed by atoms with van der Waals surface area (Å²) in [6, 6.07) is 0. The summed E-state index contributed by atoms with van der Waals surface area (Å²) in [5.41, 5.74) is 0. The van der Waals surface area contributed by atoms with Crippen molar-refractivity contribution in [1.29, 1.82) is 0 Å². The Balaban J connectivity index is 1.77. The molecule has 0 amide bonds. The maximum atomic E-state index is 5.38. The summed E-state index contributed by atoms with van der Waals surface area (Å²) in [6.45, 7) is 9.70. The second-order valence-electron chi connectivity index (χ2n) is 6.39. The van der Waals surface area contributed by atoms with Crippen LogP contribution in [-0.4, -0.2) is 85.3 Å². The average molecular weight is 367 g/mol. The molecule has 26 heavy (non-hydrogen) atoms. The van der Waals surface area contributed by atoms with Crippen molar-refractivity contribution in [1.82, 2.24) is 30.3 Å². The lowest BCUT2D eigenvalue weighted by Crippen LogP contribution is -2.41. The van der Waals surface area contributed by atoms with Gasteiger partial charge in [0, 0.05) is 46.9 Å². The van der Waals surface area contributed by atoms with E-state index in [0.29, 0.717) is 6.54 Å². The molecule has 1 aliphatic heterocycles. The summed E-state index contributed by atoms with van der Waals surface area (Å²) in [7, 11) is 3.68. The standard InChI is InChI=1S/C17H33N7O2/c1-15-21-22-16(23(15)2)14-20-17(19-7-5-11-25-3)18-6-4-8-24-9-12-26-13-10-24/h4-14H2,1-3H3,(H2,18,19,20). The zero-order valence-corrected chi connectivity index (χ0v) is 16.3. The normalized spacial score (nSPS) is 16.0. The Morgan fingerprint density at radius 1 is 1.19 bits per heavy atom. The highest BCUT2D eigenvalue weighted by atomic mass is 16.5. The Kier molecular flexibility index (Phi) is 9.36. The third kappa shape index (κ3) is 7.27. The molecule has 2 heterocycles. The summed E-state index contributed by atoms with van der Waals surface area (Å²) in [4.78, 5) is 7.09. The first kappa shape index (κ1) is 20.6. The second kappa shape index (κ2) is 11.8. The predicted molar refractivity (Wildman–Crippen MR) is 101 cm³/mol. The van der Waals surface area contributed by atoms with Crippen LogP contribution in [0.4, 0.5) is 0 Å². The van der Waals surface area contributed by atoms with Gasteiger partial charge in [-0.25, -0.2) is 4.99 Å². The number of ether oxygens (including phenoxy) is 2. The number of aromatic nitrogens is 3. The number of nitrogens with one attached hydrogen (secondary N) is 2. The van der Waals surface area contributed by atoms with E-state index in [9.17, 15) is 0 Å². The van der Waals surface area contributed by atoms with Gasteiger partial charge in [0.2, 0.25) is 0 Å². The topological polar surface area (TPSA) is 88.8 Å².